The standard InChI is InChI=1S/C20H18F3N3O3S/c21-20(22,23)30(27,28)13-19-16-2-1-7-24-18(16)12-17(25-19)14-3-5-15(6-4-14)26-8-10-29-11-9-26/h1-7,12H,8-11,13H2. The van der Waals surface area contributed by atoms with E-state index in [1.807, 2.05) is 24.3 Å². The molecule has 158 valence electrons. The third-order valence-electron chi connectivity index (χ3n) is 4.90. The van der Waals surface area contributed by atoms with Gasteiger partial charge in [0.1, 0.15) is 5.75 Å². The highest BCUT2D eigenvalue weighted by molar-refractivity contribution is 7.91. The quantitative estimate of drug-likeness (QED) is 0.622. The molecule has 0 spiro atoms. The zero-order valence-corrected chi connectivity index (χ0v) is 16.6. The number of pyridine rings is 2. The highest BCUT2D eigenvalue weighted by Crippen LogP contribution is 2.31. The Hall–Kier alpha value is -2.72. The molecule has 1 aromatic carbocycles. The second-order valence-corrected chi connectivity index (χ2v) is 8.86. The van der Waals surface area contributed by atoms with Gasteiger partial charge in [0.25, 0.3) is 9.84 Å². The second-order valence-electron chi connectivity index (χ2n) is 6.88. The lowest BCUT2D eigenvalue weighted by molar-refractivity contribution is -0.0437. The molecule has 1 saturated heterocycles. The molecular weight excluding hydrogens is 419 g/mol. The molecule has 0 amide bonds. The molecule has 3 heterocycles. The molecule has 0 atom stereocenters. The van der Waals surface area contributed by atoms with Crippen LogP contribution in [0.1, 0.15) is 5.69 Å². The van der Waals surface area contributed by atoms with Crippen molar-refractivity contribution < 1.29 is 26.3 Å². The van der Waals surface area contributed by atoms with Gasteiger partial charge in [-0.2, -0.15) is 13.2 Å². The summed E-state index contributed by atoms with van der Waals surface area (Å²) < 4.78 is 67.6. The third-order valence-corrected chi connectivity index (χ3v) is 6.26. The molecule has 0 aliphatic carbocycles. The summed E-state index contributed by atoms with van der Waals surface area (Å²) >= 11 is 0. The van der Waals surface area contributed by atoms with Crippen molar-refractivity contribution in [3.8, 4) is 11.3 Å². The number of alkyl halides is 3. The van der Waals surface area contributed by atoms with E-state index >= 15 is 0 Å². The zero-order valence-electron chi connectivity index (χ0n) is 15.8. The Labute approximate surface area is 171 Å². The highest BCUT2D eigenvalue weighted by atomic mass is 32.2. The lowest BCUT2D eigenvalue weighted by Crippen LogP contribution is -2.36. The summed E-state index contributed by atoms with van der Waals surface area (Å²) in [4.78, 5) is 10.6. The van der Waals surface area contributed by atoms with E-state index in [0.29, 0.717) is 30.0 Å². The third kappa shape index (κ3) is 4.10. The lowest BCUT2D eigenvalue weighted by atomic mass is 10.1. The van der Waals surface area contributed by atoms with Crippen LogP contribution in [-0.2, 0) is 20.3 Å². The number of benzene rings is 1. The number of aromatic nitrogens is 2. The monoisotopic (exact) mass is 437 g/mol. The van der Waals surface area contributed by atoms with Crippen LogP contribution in [0.25, 0.3) is 22.2 Å². The Morgan fingerprint density at radius 2 is 1.77 bits per heavy atom. The molecule has 0 unspecified atom stereocenters. The summed E-state index contributed by atoms with van der Waals surface area (Å²) in [7, 11) is -5.37. The van der Waals surface area contributed by atoms with Gasteiger partial charge < -0.3 is 9.64 Å². The number of rotatable bonds is 4. The van der Waals surface area contributed by atoms with Crippen molar-refractivity contribution in [1.82, 2.24) is 9.97 Å². The Morgan fingerprint density at radius 3 is 2.43 bits per heavy atom. The number of anilines is 1. The molecule has 4 rings (SSSR count). The first kappa shape index (κ1) is 20.5. The van der Waals surface area contributed by atoms with Gasteiger partial charge in [0, 0.05) is 35.9 Å². The van der Waals surface area contributed by atoms with Crippen LogP contribution in [0.15, 0.2) is 48.7 Å². The maximum Gasteiger partial charge on any atom is 0.497 e. The number of fused-ring (bicyclic) bond motifs is 1. The van der Waals surface area contributed by atoms with Gasteiger partial charge in [-0.25, -0.2) is 8.42 Å². The maximum atomic E-state index is 12.9. The van der Waals surface area contributed by atoms with Gasteiger partial charge in [-0.3, -0.25) is 9.97 Å². The van der Waals surface area contributed by atoms with E-state index in [4.69, 9.17) is 4.74 Å². The molecule has 2 aromatic heterocycles. The summed E-state index contributed by atoms with van der Waals surface area (Å²) in [6.45, 7) is 2.85. The molecule has 10 heteroatoms. The van der Waals surface area contributed by atoms with Crippen LogP contribution >= 0.6 is 0 Å². The molecule has 1 aliphatic heterocycles. The maximum absolute atomic E-state index is 12.9. The number of sulfone groups is 1. The van der Waals surface area contributed by atoms with Crippen LogP contribution < -0.4 is 4.90 Å². The fourth-order valence-corrected chi connectivity index (χ4v) is 4.07. The van der Waals surface area contributed by atoms with Crippen molar-refractivity contribution in [2.45, 2.75) is 11.3 Å². The Balaban J connectivity index is 1.73. The van der Waals surface area contributed by atoms with Crippen LogP contribution in [0.3, 0.4) is 0 Å². The van der Waals surface area contributed by atoms with Crippen LogP contribution in [0.4, 0.5) is 18.9 Å². The number of hydrogen-bond donors (Lipinski definition) is 0. The molecule has 0 radical (unpaired) electrons. The highest BCUT2D eigenvalue weighted by Gasteiger charge is 2.45. The Morgan fingerprint density at radius 1 is 1.07 bits per heavy atom. The summed E-state index contributed by atoms with van der Waals surface area (Å²) in [5.74, 6) is -1.24. The van der Waals surface area contributed by atoms with Crippen LogP contribution in [0.2, 0.25) is 0 Å². The molecule has 0 N–H and O–H groups in total. The van der Waals surface area contributed by atoms with E-state index in [2.05, 4.69) is 14.9 Å². The van der Waals surface area contributed by atoms with Crippen molar-refractivity contribution in [3.63, 3.8) is 0 Å². The SMILES string of the molecule is O=S(=O)(Cc1nc(-c2ccc(N3CCOCC3)cc2)cc2ncccc12)C(F)(F)F. The fraction of sp³-hybridized carbons (Fsp3) is 0.300. The fourth-order valence-electron chi connectivity index (χ4n) is 3.33. The summed E-state index contributed by atoms with van der Waals surface area (Å²) in [5, 5.41) is 0.277. The van der Waals surface area contributed by atoms with Gasteiger partial charge >= 0.3 is 5.51 Å². The van der Waals surface area contributed by atoms with Crippen LogP contribution in [0.5, 0.6) is 0 Å². The predicted octanol–water partition coefficient (Wildman–Crippen LogP) is 3.57. The van der Waals surface area contributed by atoms with Crippen molar-refractivity contribution in [1.29, 1.82) is 0 Å². The first-order valence-electron chi connectivity index (χ1n) is 9.21. The van der Waals surface area contributed by atoms with Gasteiger partial charge in [0.2, 0.25) is 0 Å². The largest absolute Gasteiger partial charge is 0.497 e. The van der Waals surface area contributed by atoms with Crippen LogP contribution in [0, 0.1) is 0 Å². The molecular formula is C20H18F3N3O3S. The average molecular weight is 437 g/mol. The minimum Gasteiger partial charge on any atom is -0.378 e. The topological polar surface area (TPSA) is 72.4 Å². The number of halogens is 3. The van der Waals surface area contributed by atoms with E-state index in [0.717, 1.165) is 18.8 Å². The lowest BCUT2D eigenvalue weighted by Gasteiger charge is -2.28. The van der Waals surface area contributed by atoms with Gasteiger partial charge in [-0.05, 0) is 30.3 Å². The zero-order chi connectivity index (χ0) is 21.4. The number of nitrogens with zero attached hydrogens (tertiary/aromatic N) is 3. The average Bonchev–Trinajstić information content (AvgIpc) is 2.73. The van der Waals surface area contributed by atoms with Gasteiger partial charge in [0.15, 0.2) is 0 Å². The number of hydrogen-bond acceptors (Lipinski definition) is 6. The molecule has 6 nitrogen and oxygen atoms in total. The van der Waals surface area contributed by atoms with E-state index in [-0.39, 0.29) is 11.1 Å². The molecule has 0 saturated carbocycles. The minimum atomic E-state index is -5.37. The Bertz CT molecular complexity index is 1160. The van der Waals surface area contributed by atoms with Gasteiger partial charge in [0.05, 0.1) is 30.1 Å². The van der Waals surface area contributed by atoms with Gasteiger partial charge in [-0.15, -0.1) is 0 Å². The second kappa shape index (κ2) is 7.84. The number of ether oxygens (including phenoxy) is 1. The van der Waals surface area contributed by atoms with Crippen molar-refractivity contribution >= 4 is 26.4 Å². The summed E-state index contributed by atoms with van der Waals surface area (Å²) in [5.41, 5.74) is -3.12. The smallest absolute Gasteiger partial charge is 0.378 e. The van der Waals surface area contributed by atoms with E-state index in [9.17, 15) is 21.6 Å². The van der Waals surface area contributed by atoms with Crippen molar-refractivity contribution in [2.24, 2.45) is 0 Å². The van der Waals surface area contributed by atoms with Crippen molar-refractivity contribution in [3.05, 3.63) is 54.4 Å². The van der Waals surface area contributed by atoms with E-state index < -0.39 is 21.1 Å². The van der Waals surface area contributed by atoms with Gasteiger partial charge in [-0.1, -0.05) is 12.1 Å². The molecule has 3 aromatic rings. The minimum absolute atomic E-state index is 0.176. The normalized spacial score (nSPS) is 15.5. The molecule has 0 bridgehead atoms. The molecule has 1 aliphatic rings. The van der Waals surface area contributed by atoms with Crippen LogP contribution in [-0.4, -0.2) is 50.2 Å². The summed E-state index contributed by atoms with van der Waals surface area (Å²) in [6.07, 6.45) is 1.50. The van der Waals surface area contributed by atoms with Crippen molar-refractivity contribution in [2.75, 3.05) is 31.2 Å². The predicted molar refractivity (Wildman–Crippen MR) is 107 cm³/mol. The van der Waals surface area contributed by atoms with E-state index in [1.54, 1.807) is 6.07 Å². The number of morpholine rings is 1. The molecule has 1 fully saturated rings. The first-order valence-corrected chi connectivity index (χ1v) is 10.9. The summed E-state index contributed by atoms with van der Waals surface area (Å²) in [6, 6.07) is 12.1. The molecule has 30 heavy (non-hydrogen) atoms. The Kier molecular flexibility index (Phi) is 5.37. The first-order chi connectivity index (χ1) is 14.2. The van der Waals surface area contributed by atoms with E-state index in [1.165, 1.54) is 18.3 Å².